The smallest absolute Gasteiger partial charge is 0.317 e. The lowest BCUT2D eigenvalue weighted by Gasteiger charge is -2.36. The Labute approximate surface area is 201 Å². The molecular weight excluding hydrogens is 438 g/mol. The fourth-order valence-electron chi connectivity index (χ4n) is 4.15. The van der Waals surface area contributed by atoms with Gasteiger partial charge in [0.1, 0.15) is 0 Å². The zero-order chi connectivity index (χ0) is 24.9. The number of anilines is 1. The summed E-state index contributed by atoms with van der Waals surface area (Å²) in [6.45, 7) is 10.6. The first-order valence-corrected chi connectivity index (χ1v) is 11.7. The van der Waals surface area contributed by atoms with Gasteiger partial charge in [-0.1, -0.05) is 25.6 Å². The van der Waals surface area contributed by atoms with Crippen molar-refractivity contribution in [2.75, 3.05) is 70.8 Å². The van der Waals surface area contributed by atoms with Crippen LogP contribution >= 0.6 is 0 Å². The molecule has 1 amide bonds. The second-order valence-corrected chi connectivity index (χ2v) is 8.43. The van der Waals surface area contributed by atoms with Crippen LogP contribution in [-0.4, -0.2) is 114 Å². The number of hydrogen-bond donors (Lipinski definition) is 4. The molecule has 0 aromatic heterocycles. The molecule has 1 fully saturated rings. The van der Waals surface area contributed by atoms with E-state index in [4.69, 9.17) is 0 Å². The molecule has 0 bridgehead atoms. The molecule has 0 radical (unpaired) electrons. The lowest BCUT2D eigenvalue weighted by molar-refractivity contribution is -0.139. The van der Waals surface area contributed by atoms with Crippen LogP contribution in [0.4, 0.5) is 5.69 Å². The summed E-state index contributed by atoms with van der Waals surface area (Å²) in [5.41, 5.74) is 1.76. The minimum absolute atomic E-state index is 0.00701. The Morgan fingerprint density at radius 1 is 1.03 bits per heavy atom. The van der Waals surface area contributed by atoms with E-state index in [1.54, 1.807) is 0 Å². The fraction of sp³-hybridized carbons (Fsp3) is 0.542. The van der Waals surface area contributed by atoms with E-state index in [0.29, 0.717) is 57.9 Å². The maximum Gasteiger partial charge on any atom is 0.317 e. The first kappa shape index (κ1) is 27.5. The molecule has 1 atom stereocenters. The number of carboxylic acid groups (broad SMARTS) is 2. The molecule has 1 saturated heterocycles. The van der Waals surface area contributed by atoms with Gasteiger partial charge >= 0.3 is 11.9 Å². The normalized spacial score (nSPS) is 19.5. The lowest BCUT2D eigenvalue weighted by Crippen LogP contribution is -2.51. The summed E-state index contributed by atoms with van der Waals surface area (Å²) >= 11 is 0. The van der Waals surface area contributed by atoms with Gasteiger partial charge in [-0.25, -0.2) is 0 Å². The highest BCUT2D eigenvalue weighted by Gasteiger charge is 2.24. The Balaban J connectivity index is 2.21. The van der Waals surface area contributed by atoms with Gasteiger partial charge in [0, 0.05) is 57.5 Å². The van der Waals surface area contributed by atoms with Crippen molar-refractivity contribution in [1.29, 1.82) is 0 Å². The van der Waals surface area contributed by atoms with Crippen LogP contribution in [0, 0.1) is 0 Å². The van der Waals surface area contributed by atoms with E-state index in [-0.39, 0.29) is 25.0 Å². The summed E-state index contributed by atoms with van der Waals surface area (Å²) in [5.74, 6) is -1.97. The number of carboxylic acids is 2. The van der Waals surface area contributed by atoms with Crippen LogP contribution in [-0.2, 0) is 20.8 Å². The number of amides is 1. The largest absolute Gasteiger partial charge is 0.480 e. The molecule has 10 heteroatoms. The standard InChI is InChI=1S/C24H37N5O5/c1-3-22(30)26-20-7-5-19(6-8-20)15-21-16-28(18-24(33)34)12-10-25-9-11-27(17-23(31)32)13-14-29(21)4-2/h3,5-8,21,25H,1,4,9-18H2,2H3,(H,26,30)(H,31,32)(H,33,34). The number of nitrogens with zero attached hydrogens (tertiary/aromatic N) is 3. The quantitative estimate of drug-likeness (QED) is 0.376. The second-order valence-electron chi connectivity index (χ2n) is 8.43. The summed E-state index contributed by atoms with van der Waals surface area (Å²) in [6, 6.07) is 7.65. The average Bonchev–Trinajstić information content (AvgIpc) is 2.78. The van der Waals surface area contributed by atoms with E-state index >= 15 is 0 Å². The first-order chi connectivity index (χ1) is 16.3. The van der Waals surface area contributed by atoms with Crippen molar-refractivity contribution in [3.63, 3.8) is 0 Å². The molecule has 1 aliphatic rings. The van der Waals surface area contributed by atoms with Gasteiger partial charge in [-0.2, -0.15) is 0 Å². The Kier molecular flexibility index (Phi) is 11.7. The van der Waals surface area contributed by atoms with Crippen LogP contribution in [0.3, 0.4) is 0 Å². The monoisotopic (exact) mass is 475 g/mol. The maximum atomic E-state index is 11.5. The predicted octanol–water partition coefficient (Wildman–Crippen LogP) is 0.421. The molecule has 4 N–H and O–H groups in total. The lowest BCUT2D eigenvalue weighted by atomic mass is 10.0. The van der Waals surface area contributed by atoms with Gasteiger partial charge < -0.3 is 20.8 Å². The van der Waals surface area contributed by atoms with Crippen molar-refractivity contribution in [3.8, 4) is 0 Å². The van der Waals surface area contributed by atoms with Gasteiger partial charge in [0.05, 0.1) is 13.1 Å². The molecular formula is C24H37N5O5. The van der Waals surface area contributed by atoms with Crippen molar-refractivity contribution >= 4 is 23.5 Å². The average molecular weight is 476 g/mol. The molecule has 10 nitrogen and oxygen atoms in total. The van der Waals surface area contributed by atoms with Crippen LogP contribution in [0.2, 0.25) is 0 Å². The number of carbonyl (C=O) groups is 3. The van der Waals surface area contributed by atoms with Crippen LogP contribution in [0.25, 0.3) is 0 Å². The van der Waals surface area contributed by atoms with Gasteiger partial charge in [0.15, 0.2) is 0 Å². The van der Waals surface area contributed by atoms with Crippen LogP contribution in [0.5, 0.6) is 0 Å². The summed E-state index contributed by atoms with van der Waals surface area (Å²) in [6.07, 6.45) is 1.92. The van der Waals surface area contributed by atoms with Gasteiger partial charge in [-0.05, 0) is 36.7 Å². The molecule has 1 unspecified atom stereocenters. The molecule has 188 valence electrons. The summed E-state index contributed by atoms with van der Waals surface area (Å²) in [5, 5.41) is 24.7. The van der Waals surface area contributed by atoms with Crippen LogP contribution in [0.15, 0.2) is 36.9 Å². The van der Waals surface area contributed by atoms with E-state index in [1.807, 2.05) is 34.1 Å². The topological polar surface area (TPSA) is 125 Å². The van der Waals surface area contributed by atoms with Gasteiger partial charge in [-0.15, -0.1) is 0 Å². The molecule has 0 saturated carbocycles. The Morgan fingerprint density at radius 2 is 1.65 bits per heavy atom. The Morgan fingerprint density at radius 3 is 2.24 bits per heavy atom. The highest BCUT2D eigenvalue weighted by Crippen LogP contribution is 2.15. The van der Waals surface area contributed by atoms with E-state index in [1.165, 1.54) is 6.08 Å². The maximum absolute atomic E-state index is 11.5. The molecule has 0 spiro atoms. The highest BCUT2D eigenvalue weighted by atomic mass is 16.4. The van der Waals surface area contributed by atoms with Gasteiger partial charge in [-0.3, -0.25) is 29.1 Å². The number of aliphatic carboxylic acids is 2. The van der Waals surface area contributed by atoms with E-state index in [0.717, 1.165) is 12.1 Å². The molecule has 2 rings (SSSR count). The van der Waals surface area contributed by atoms with Crippen molar-refractivity contribution < 1.29 is 24.6 Å². The summed E-state index contributed by atoms with van der Waals surface area (Å²) in [7, 11) is 0. The first-order valence-electron chi connectivity index (χ1n) is 11.7. The number of rotatable bonds is 9. The molecule has 1 aromatic rings. The fourth-order valence-corrected chi connectivity index (χ4v) is 4.15. The van der Waals surface area contributed by atoms with Crippen molar-refractivity contribution in [3.05, 3.63) is 42.5 Å². The van der Waals surface area contributed by atoms with E-state index in [2.05, 4.69) is 29.0 Å². The Bertz CT molecular complexity index is 816. The van der Waals surface area contributed by atoms with Gasteiger partial charge in [0.25, 0.3) is 0 Å². The SMILES string of the molecule is C=CC(=O)Nc1ccc(CC2CN(CC(=O)O)CCNCCN(CC(=O)O)CCN2CC)cc1. The number of carbonyl (C=O) groups excluding carboxylic acids is 1. The van der Waals surface area contributed by atoms with E-state index < -0.39 is 11.9 Å². The minimum atomic E-state index is -0.858. The van der Waals surface area contributed by atoms with Gasteiger partial charge in [0.2, 0.25) is 5.91 Å². The molecule has 34 heavy (non-hydrogen) atoms. The van der Waals surface area contributed by atoms with Crippen LogP contribution < -0.4 is 10.6 Å². The summed E-state index contributed by atoms with van der Waals surface area (Å²) in [4.78, 5) is 40.5. The van der Waals surface area contributed by atoms with Crippen LogP contribution in [0.1, 0.15) is 12.5 Å². The number of hydrogen-bond acceptors (Lipinski definition) is 7. The zero-order valence-corrected chi connectivity index (χ0v) is 19.9. The van der Waals surface area contributed by atoms with Crippen molar-refractivity contribution in [2.24, 2.45) is 0 Å². The van der Waals surface area contributed by atoms with Crippen molar-refractivity contribution in [1.82, 2.24) is 20.0 Å². The number of nitrogens with one attached hydrogen (secondary N) is 2. The molecule has 0 aliphatic carbocycles. The van der Waals surface area contributed by atoms with E-state index in [9.17, 15) is 24.6 Å². The third-order valence-corrected chi connectivity index (χ3v) is 5.90. The summed E-state index contributed by atoms with van der Waals surface area (Å²) < 4.78 is 0. The third kappa shape index (κ3) is 10.0. The molecule has 1 heterocycles. The predicted molar refractivity (Wildman–Crippen MR) is 131 cm³/mol. The number of likely N-dealkylation sites (N-methyl/N-ethyl adjacent to an activating group) is 1. The third-order valence-electron chi connectivity index (χ3n) is 5.90. The Hall–Kier alpha value is -2.79. The van der Waals surface area contributed by atoms with Crippen molar-refractivity contribution in [2.45, 2.75) is 19.4 Å². The molecule has 1 aromatic carbocycles. The minimum Gasteiger partial charge on any atom is -0.480 e. The number of benzene rings is 1. The molecule has 1 aliphatic heterocycles. The highest BCUT2D eigenvalue weighted by molar-refractivity contribution is 5.98. The zero-order valence-electron chi connectivity index (χ0n) is 19.9. The second kappa shape index (κ2) is 14.5.